The molecule has 124 valence electrons. The molecule has 0 saturated heterocycles. The van der Waals surface area contributed by atoms with E-state index in [4.69, 9.17) is 23.2 Å². The van der Waals surface area contributed by atoms with E-state index in [0.29, 0.717) is 11.1 Å². The fourth-order valence-electron chi connectivity index (χ4n) is 1.80. The van der Waals surface area contributed by atoms with Crippen molar-refractivity contribution < 1.29 is 19.7 Å². The summed E-state index contributed by atoms with van der Waals surface area (Å²) in [6.45, 7) is 0. The van der Waals surface area contributed by atoms with Crippen molar-refractivity contribution in [3.63, 3.8) is 0 Å². The Bertz CT molecular complexity index is 871. The van der Waals surface area contributed by atoms with Crippen LogP contribution in [0.4, 0.5) is 17.1 Å². The van der Waals surface area contributed by atoms with E-state index in [1.165, 1.54) is 18.2 Å². The third-order valence-corrected chi connectivity index (χ3v) is 3.45. The van der Waals surface area contributed by atoms with E-state index in [2.05, 4.69) is 5.32 Å². The molecule has 0 saturated carbocycles. The van der Waals surface area contributed by atoms with Gasteiger partial charge in [-0.2, -0.15) is 0 Å². The lowest BCUT2D eigenvalue weighted by molar-refractivity contribution is -0.394. The Morgan fingerprint density at radius 1 is 1.08 bits per heavy atom. The predicted molar refractivity (Wildman–Crippen MR) is 85.8 cm³/mol. The number of phenols is 1. The van der Waals surface area contributed by atoms with Crippen LogP contribution in [0.15, 0.2) is 30.3 Å². The first-order valence-corrected chi connectivity index (χ1v) is 6.88. The maximum absolute atomic E-state index is 12.2. The summed E-state index contributed by atoms with van der Waals surface area (Å²) >= 11 is 11.6. The Labute approximate surface area is 143 Å². The lowest BCUT2D eigenvalue weighted by Crippen LogP contribution is -2.13. The van der Waals surface area contributed by atoms with Crippen LogP contribution in [-0.4, -0.2) is 20.9 Å². The van der Waals surface area contributed by atoms with Gasteiger partial charge in [-0.15, -0.1) is 0 Å². The number of halogens is 2. The lowest BCUT2D eigenvalue weighted by Gasteiger charge is -2.09. The topological polar surface area (TPSA) is 136 Å². The summed E-state index contributed by atoms with van der Waals surface area (Å²) in [5.74, 6) is -2.00. The molecule has 0 spiro atoms. The first-order chi connectivity index (χ1) is 11.2. The maximum atomic E-state index is 12.2. The number of anilines is 1. The first kappa shape index (κ1) is 17.4. The molecule has 9 nitrogen and oxygen atoms in total. The highest BCUT2D eigenvalue weighted by Crippen LogP contribution is 2.35. The van der Waals surface area contributed by atoms with Gasteiger partial charge in [-0.1, -0.05) is 23.2 Å². The second-order valence-corrected chi connectivity index (χ2v) is 5.30. The number of carbonyl (C=O) groups excluding carboxylic acids is 1. The Hall–Kier alpha value is -2.91. The Morgan fingerprint density at radius 3 is 2.29 bits per heavy atom. The summed E-state index contributed by atoms with van der Waals surface area (Å²) in [7, 11) is 0. The molecule has 2 rings (SSSR count). The number of benzene rings is 2. The van der Waals surface area contributed by atoms with Gasteiger partial charge in [-0.05, 0) is 18.2 Å². The first-order valence-electron chi connectivity index (χ1n) is 6.13. The van der Waals surface area contributed by atoms with Crippen molar-refractivity contribution in [3.8, 4) is 5.75 Å². The van der Waals surface area contributed by atoms with Gasteiger partial charge in [0, 0.05) is 11.1 Å². The molecule has 0 aliphatic heterocycles. The number of hydrogen-bond donors (Lipinski definition) is 2. The molecule has 1 amide bonds. The third-order valence-electron chi connectivity index (χ3n) is 2.91. The molecule has 2 N–H and O–H groups in total. The molecule has 0 bridgehead atoms. The van der Waals surface area contributed by atoms with Crippen molar-refractivity contribution >= 4 is 46.2 Å². The summed E-state index contributed by atoms with van der Waals surface area (Å²) in [6.07, 6.45) is 0. The minimum Gasteiger partial charge on any atom is -0.502 e. The number of nitrogens with zero attached hydrogens (tertiary/aromatic N) is 2. The number of nitro groups is 2. The number of aromatic hydroxyl groups is 1. The molecule has 0 heterocycles. The van der Waals surface area contributed by atoms with Gasteiger partial charge < -0.3 is 10.4 Å². The van der Waals surface area contributed by atoms with E-state index >= 15 is 0 Å². The van der Waals surface area contributed by atoms with Crippen LogP contribution < -0.4 is 5.32 Å². The average molecular weight is 372 g/mol. The highest BCUT2D eigenvalue weighted by Gasteiger charge is 2.27. The summed E-state index contributed by atoms with van der Waals surface area (Å²) < 4.78 is 0. The van der Waals surface area contributed by atoms with E-state index < -0.39 is 38.4 Å². The van der Waals surface area contributed by atoms with Crippen molar-refractivity contribution in [1.82, 2.24) is 0 Å². The van der Waals surface area contributed by atoms with Crippen LogP contribution in [0, 0.1) is 20.2 Å². The van der Waals surface area contributed by atoms with Gasteiger partial charge in [0.25, 0.3) is 11.6 Å². The predicted octanol–water partition coefficient (Wildman–Crippen LogP) is 3.77. The fraction of sp³-hybridized carbons (Fsp3) is 0. The van der Waals surface area contributed by atoms with E-state index in [1.807, 2.05) is 0 Å². The number of carbonyl (C=O) groups is 1. The molecule has 0 fully saturated rings. The van der Waals surface area contributed by atoms with Crippen molar-refractivity contribution in [2.45, 2.75) is 0 Å². The van der Waals surface area contributed by atoms with Gasteiger partial charge in [0.1, 0.15) is 0 Å². The minimum atomic E-state index is -1.03. The molecule has 2 aromatic rings. The van der Waals surface area contributed by atoms with Crippen LogP contribution >= 0.6 is 23.2 Å². The van der Waals surface area contributed by atoms with Crippen molar-refractivity contribution in [3.05, 3.63) is 66.2 Å². The number of rotatable bonds is 4. The minimum absolute atomic E-state index is 0.0790. The Kier molecular flexibility index (Phi) is 4.86. The second kappa shape index (κ2) is 6.69. The van der Waals surface area contributed by atoms with Gasteiger partial charge in [0.15, 0.2) is 0 Å². The molecule has 0 aliphatic carbocycles. The van der Waals surface area contributed by atoms with E-state index in [-0.39, 0.29) is 10.7 Å². The third kappa shape index (κ3) is 3.53. The molecule has 0 unspecified atom stereocenters. The van der Waals surface area contributed by atoms with Gasteiger partial charge in [-0.3, -0.25) is 25.0 Å². The second-order valence-electron chi connectivity index (χ2n) is 4.45. The Morgan fingerprint density at radius 2 is 1.75 bits per heavy atom. The van der Waals surface area contributed by atoms with E-state index in [1.54, 1.807) is 0 Å². The molecule has 0 atom stereocenters. The summed E-state index contributed by atoms with van der Waals surface area (Å²) in [5, 5.41) is 34.3. The Balaban J connectivity index is 2.48. The van der Waals surface area contributed by atoms with Gasteiger partial charge >= 0.3 is 5.69 Å². The van der Waals surface area contributed by atoms with Crippen molar-refractivity contribution in [1.29, 1.82) is 0 Å². The number of nitrogens with one attached hydrogen (secondary N) is 1. The monoisotopic (exact) mass is 371 g/mol. The zero-order valence-electron chi connectivity index (χ0n) is 11.5. The zero-order chi connectivity index (χ0) is 18.0. The summed E-state index contributed by atoms with van der Waals surface area (Å²) in [4.78, 5) is 32.0. The number of amides is 1. The summed E-state index contributed by atoms with van der Waals surface area (Å²) in [6, 6.07) is 5.42. The molecule has 0 aromatic heterocycles. The fourth-order valence-corrected chi connectivity index (χ4v) is 2.26. The van der Waals surface area contributed by atoms with Crippen LogP contribution in [0.2, 0.25) is 10.0 Å². The SMILES string of the molecule is O=C(Nc1ccc(Cl)cc1Cl)c1cc([N+](=O)[O-])cc([N+](=O)[O-])c1O. The lowest BCUT2D eigenvalue weighted by atomic mass is 10.1. The average Bonchev–Trinajstić information content (AvgIpc) is 2.49. The van der Waals surface area contributed by atoms with Crippen LogP contribution in [0.25, 0.3) is 0 Å². The van der Waals surface area contributed by atoms with Crippen molar-refractivity contribution in [2.24, 2.45) is 0 Å². The highest BCUT2D eigenvalue weighted by atomic mass is 35.5. The molecule has 0 aliphatic rings. The van der Waals surface area contributed by atoms with Crippen LogP contribution in [0.5, 0.6) is 5.75 Å². The highest BCUT2D eigenvalue weighted by molar-refractivity contribution is 6.36. The largest absolute Gasteiger partial charge is 0.502 e. The van der Waals surface area contributed by atoms with E-state index in [0.717, 1.165) is 6.07 Å². The molecule has 2 aromatic carbocycles. The molecular formula is C13H7Cl2N3O6. The van der Waals surface area contributed by atoms with Crippen LogP contribution in [0.1, 0.15) is 10.4 Å². The van der Waals surface area contributed by atoms with E-state index in [9.17, 15) is 30.1 Å². The van der Waals surface area contributed by atoms with Gasteiger partial charge in [-0.25, -0.2) is 0 Å². The molecule has 0 radical (unpaired) electrons. The molecular weight excluding hydrogens is 365 g/mol. The van der Waals surface area contributed by atoms with Crippen molar-refractivity contribution in [2.75, 3.05) is 5.32 Å². The van der Waals surface area contributed by atoms with Crippen LogP contribution in [-0.2, 0) is 0 Å². The quantitative estimate of drug-likeness (QED) is 0.619. The number of non-ortho nitro benzene ring substituents is 1. The van der Waals surface area contributed by atoms with Gasteiger partial charge in [0.2, 0.25) is 5.75 Å². The normalized spacial score (nSPS) is 10.2. The van der Waals surface area contributed by atoms with Gasteiger partial charge in [0.05, 0.1) is 32.2 Å². The molecule has 11 heteroatoms. The smallest absolute Gasteiger partial charge is 0.318 e. The number of nitro benzene ring substituents is 2. The number of hydrogen-bond acceptors (Lipinski definition) is 6. The number of phenolic OH excluding ortho intramolecular Hbond substituents is 1. The molecule has 24 heavy (non-hydrogen) atoms. The maximum Gasteiger partial charge on any atom is 0.318 e. The standard InChI is InChI=1S/C13H7Cl2N3O6/c14-6-1-2-10(9(15)3-6)16-13(20)8-4-7(17(21)22)5-11(12(8)19)18(23)24/h1-5,19H,(H,16,20). The van der Waals surface area contributed by atoms with Crippen LogP contribution in [0.3, 0.4) is 0 Å². The summed E-state index contributed by atoms with van der Waals surface area (Å²) in [5.41, 5.74) is -2.20. The zero-order valence-corrected chi connectivity index (χ0v) is 13.0.